The number of nitrogens with zero attached hydrogens (tertiary/aromatic N) is 1. The third-order valence-corrected chi connectivity index (χ3v) is 9.22. The van der Waals surface area contributed by atoms with Crippen molar-refractivity contribution < 1.29 is 16.8 Å². The van der Waals surface area contributed by atoms with Crippen LogP contribution in [0.5, 0.6) is 0 Å². The number of sulfonamides is 1. The van der Waals surface area contributed by atoms with Crippen LogP contribution in [0, 0.1) is 5.92 Å². The Hall–Kier alpha value is -0.340. The summed E-state index contributed by atoms with van der Waals surface area (Å²) in [6.45, 7) is 4.04. The highest BCUT2D eigenvalue weighted by Gasteiger charge is 2.35. The molecule has 1 aliphatic rings. The lowest BCUT2D eigenvalue weighted by atomic mass is 10.2. The molecule has 0 atom stereocenters. The molecule has 1 heterocycles. The van der Waals surface area contributed by atoms with Crippen LogP contribution in [0.25, 0.3) is 0 Å². The van der Waals surface area contributed by atoms with E-state index in [0.717, 1.165) is 0 Å². The molecular formula is C15H21Cl2NO4S2. The molecule has 1 aromatic rings. The zero-order valence-corrected chi connectivity index (χ0v) is 16.7. The second-order valence-corrected chi connectivity index (χ2v) is 11.5. The Bertz CT molecular complexity index is 799. The highest BCUT2D eigenvalue weighted by Crippen LogP contribution is 2.30. The molecule has 0 bridgehead atoms. The van der Waals surface area contributed by atoms with E-state index in [-0.39, 0.29) is 39.7 Å². The molecule has 0 aliphatic carbocycles. The van der Waals surface area contributed by atoms with Crippen LogP contribution in [-0.4, -0.2) is 45.2 Å². The summed E-state index contributed by atoms with van der Waals surface area (Å²) < 4.78 is 51.4. The summed E-state index contributed by atoms with van der Waals surface area (Å²) in [7, 11) is -6.98. The molecule has 1 aliphatic heterocycles. The molecule has 5 nitrogen and oxygen atoms in total. The van der Waals surface area contributed by atoms with Gasteiger partial charge in [-0.15, -0.1) is 0 Å². The predicted molar refractivity (Wildman–Crippen MR) is 96.9 cm³/mol. The first-order valence-corrected chi connectivity index (χ1v) is 11.6. The number of halogens is 2. The Kier molecular flexibility index (Phi) is 6.24. The molecule has 1 aromatic carbocycles. The van der Waals surface area contributed by atoms with E-state index in [1.54, 1.807) is 0 Å². The fourth-order valence-corrected chi connectivity index (χ4v) is 7.18. The Morgan fingerprint density at radius 1 is 1.12 bits per heavy atom. The lowest BCUT2D eigenvalue weighted by molar-refractivity contribution is 0.345. The van der Waals surface area contributed by atoms with Crippen LogP contribution in [0.2, 0.25) is 10.0 Å². The van der Waals surface area contributed by atoms with Crippen molar-refractivity contribution in [3.63, 3.8) is 0 Å². The number of sulfone groups is 1. The molecule has 1 fully saturated rings. The summed E-state index contributed by atoms with van der Waals surface area (Å²) in [5.74, 6) is 0.187. The van der Waals surface area contributed by atoms with E-state index in [1.807, 2.05) is 13.8 Å². The molecule has 9 heteroatoms. The minimum atomic E-state index is -3.79. The van der Waals surface area contributed by atoms with Gasteiger partial charge in [0, 0.05) is 18.1 Å². The van der Waals surface area contributed by atoms with E-state index >= 15 is 0 Å². The molecule has 0 amide bonds. The first-order valence-electron chi connectivity index (χ1n) is 7.71. The summed E-state index contributed by atoms with van der Waals surface area (Å²) in [4.78, 5) is -0.0415. The molecule has 0 saturated carbocycles. The largest absolute Gasteiger partial charge is 0.244 e. The molecule has 0 radical (unpaired) electrons. The quantitative estimate of drug-likeness (QED) is 0.742. The maximum Gasteiger partial charge on any atom is 0.244 e. The van der Waals surface area contributed by atoms with Gasteiger partial charge in [-0.1, -0.05) is 37.0 Å². The molecule has 0 N–H and O–H groups in total. The monoisotopic (exact) mass is 413 g/mol. The van der Waals surface area contributed by atoms with E-state index in [1.165, 1.54) is 22.5 Å². The van der Waals surface area contributed by atoms with E-state index in [9.17, 15) is 16.8 Å². The van der Waals surface area contributed by atoms with E-state index < -0.39 is 25.1 Å². The summed E-state index contributed by atoms with van der Waals surface area (Å²) in [6, 6.07) is 4.28. The average Bonchev–Trinajstić information content (AvgIpc) is 2.48. The summed E-state index contributed by atoms with van der Waals surface area (Å²) in [6.07, 6.45) is 0.596. The number of benzene rings is 1. The molecule has 2 rings (SSSR count). The number of rotatable bonds is 5. The van der Waals surface area contributed by atoms with Gasteiger partial charge in [0.1, 0.15) is 4.90 Å². The molecule has 0 unspecified atom stereocenters. The molecule has 24 heavy (non-hydrogen) atoms. The summed E-state index contributed by atoms with van der Waals surface area (Å²) >= 11 is 11.9. The second kappa shape index (κ2) is 7.50. The Morgan fingerprint density at radius 3 is 2.25 bits per heavy atom. The van der Waals surface area contributed by atoms with Crippen molar-refractivity contribution in [2.45, 2.75) is 36.8 Å². The summed E-state index contributed by atoms with van der Waals surface area (Å²) in [5.41, 5.74) is 0. The minimum Gasteiger partial charge on any atom is -0.229 e. The first-order chi connectivity index (χ1) is 11.0. The van der Waals surface area contributed by atoms with Crippen LogP contribution in [-0.2, 0) is 19.9 Å². The van der Waals surface area contributed by atoms with Crippen LogP contribution >= 0.6 is 23.2 Å². The van der Waals surface area contributed by atoms with Crippen LogP contribution in [0.15, 0.2) is 23.1 Å². The van der Waals surface area contributed by atoms with E-state index in [2.05, 4.69) is 0 Å². The summed E-state index contributed by atoms with van der Waals surface area (Å²) in [5, 5.41) is -0.0949. The number of piperidine rings is 1. The lowest BCUT2D eigenvalue weighted by Gasteiger charge is -2.31. The third-order valence-electron chi connectivity index (χ3n) is 3.99. The lowest BCUT2D eigenvalue weighted by Crippen LogP contribution is -2.43. The average molecular weight is 414 g/mol. The van der Waals surface area contributed by atoms with Gasteiger partial charge in [-0.3, -0.25) is 0 Å². The van der Waals surface area contributed by atoms with E-state index in [0.29, 0.717) is 12.8 Å². The van der Waals surface area contributed by atoms with Gasteiger partial charge in [0.25, 0.3) is 0 Å². The zero-order valence-electron chi connectivity index (χ0n) is 13.6. The van der Waals surface area contributed by atoms with Crippen molar-refractivity contribution in [3.05, 3.63) is 28.2 Å². The number of hydrogen-bond acceptors (Lipinski definition) is 4. The van der Waals surface area contributed by atoms with Gasteiger partial charge in [-0.25, -0.2) is 16.8 Å². The Labute approximate surface area is 153 Å². The maximum absolute atomic E-state index is 12.7. The van der Waals surface area contributed by atoms with Gasteiger partial charge in [0.2, 0.25) is 10.0 Å². The van der Waals surface area contributed by atoms with Crippen molar-refractivity contribution in [1.82, 2.24) is 4.31 Å². The smallest absolute Gasteiger partial charge is 0.229 e. The maximum atomic E-state index is 12.7. The molecular weight excluding hydrogens is 393 g/mol. The van der Waals surface area contributed by atoms with Gasteiger partial charge in [0.05, 0.1) is 16.0 Å². The van der Waals surface area contributed by atoms with Crippen molar-refractivity contribution >= 4 is 43.1 Å². The second-order valence-electron chi connectivity index (χ2n) is 6.40. The van der Waals surface area contributed by atoms with Gasteiger partial charge in [0.15, 0.2) is 9.84 Å². The van der Waals surface area contributed by atoms with Crippen LogP contribution < -0.4 is 0 Å². The molecule has 136 valence electrons. The Balaban J connectivity index is 2.16. The molecule has 0 spiro atoms. The van der Waals surface area contributed by atoms with Gasteiger partial charge in [-0.2, -0.15) is 4.31 Å². The van der Waals surface area contributed by atoms with Crippen molar-refractivity contribution in [2.24, 2.45) is 5.92 Å². The molecule has 0 aromatic heterocycles. The first kappa shape index (κ1) is 20.0. The fraction of sp³-hybridized carbons (Fsp3) is 0.600. The third kappa shape index (κ3) is 4.43. The zero-order chi connectivity index (χ0) is 18.1. The normalized spacial score (nSPS) is 18.2. The minimum absolute atomic E-state index is 0.0415. The highest BCUT2D eigenvalue weighted by atomic mass is 35.5. The van der Waals surface area contributed by atoms with Gasteiger partial charge < -0.3 is 0 Å². The van der Waals surface area contributed by atoms with Gasteiger partial charge in [-0.05, 0) is 37.0 Å². The van der Waals surface area contributed by atoms with Crippen LogP contribution in [0.1, 0.15) is 26.7 Å². The topological polar surface area (TPSA) is 71.5 Å². The van der Waals surface area contributed by atoms with Crippen molar-refractivity contribution in [2.75, 3.05) is 18.8 Å². The van der Waals surface area contributed by atoms with Crippen LogP contribution in [0.4, 0.5) is 0 Å². The standard InChI is InChI=1S/C15H21Cl2NO4S2/c1-11(2)10-23(19,20)13-5-7-18(8-6-13)24(21,22)15-9-12(16)3-4-14(15)17/h3-4,9,11,13H,5-8,10H2,1-2H3. The van der Waals surface area contributed by atoms with Crippen molar-refractivity contribution in [1.29, 1.82) is 0 Å². The SMILES string of the molecule is CC(C)CS(=O)(=O)C1CCN(S(=O)(=O)c2cc(Cl)ccc2Cl)CC1. The van der Waals surface area contributed by atoms with Crippen molar-refractivity contribution in [3.8, 4) is 0 Å². The van der Waals surface area contributed by atoms with E-state index in [4.69, 9.17) is 23.2 Å². The molecule has 1 saturated heterocycles. The van der Waals surface area contributed by atoms with Gasteiger partial charge >= 0.3 is 0 Å². The fourth-order valence-electron chi connectivity index (χ4n) is 2.85. The van der Waals surface area contributed by atoms with Crippen LogP contribution in [0.3, 0.4) is 0 Å². The number of hydrogen-bond donors (Lipinski definition) is 0. The Morgan fingerprint density at radius 2 is 1.71 bits per heavy atom. The highest BCUT2D eigenvalue weighted by molar-refractivity contribution is 7.92. The predicted octanol–water partition coefficient (Wildman–Crippen LogP) is 3.22.